The van der Waals surface area contributed by atoms with Crippen molar-refractivity contribution in [3.8, 4) is 17.3 Å². The topological polar surface area (TPSA) is 73.1 Å². The van der Waals surface area contributed by atoms with Gasteiger partial charge in [0.15, 0.2) is 0 Å². The first-order valence-electron chi connectivity index (χ1n) is 6.41. The normalized spacial score (nSPS) is 16.5. The minimum Gasteiger partial charge on any atom is -0.481 e. The minimum absolute atomic E-state index is 0.369. The fraction of sp³-hybridized carbons (Fsp3) is 0.462. The van der Waals surface area contributed by atoms with Gasteiger partial charge in [0.25, 0.3) is 0 Å². The molecule has 1 fully saturated rings. The molecule has 2 aromatic rings. The van der Waals surface area contributed by atoms with Gasteiger partial charge in [0.1, 0.15) is 0 Å². The zero-order chi connectivity index (χ0) is 13.1. The van der Waals surface area contributed by atoms with Crippen molar-refractivity contribution in [1.82, 2.24) is 20.4 Å². The largest absolute Gasteiger partial charge is 0.481 e. The number of nitrogens with zero attached hydrogens (tertiary/aromatic N) is 3. The van der Waals surface area contributed by atoms with Crippen molar-refractivity contribution in [2.24, 2.45) is 0 Å². The van der Waals surface area contributed by atoms with Crippen LogP contribution in [0.15, 0.2) is 22.9 Å². The number of ether oxygens (including phenoxy) is 1. The Morgan fingerprint density at radius 3 is 2.84 bits per heavy atom. The van der Waals surface area contributed by atoms with Crippen molar-refractivity contribution in [1.29, 1.82) is 0 Å². The van der Waals surface area contributed by atoms with Gasteiger partial charge >= 0.3 is 0 Å². The molecule has 1 saturated heterocycles. The average Bonchev–Trinajstić information content (AvgIpc) is 2.98. The monoisotopic (exact) mass is 260 g/mol. The van der Waals surface area contributed by atoms with E-state index in [0.717, 1.165) is 37.4 Å². The van der Waals surface area contributed by atoms with E-state index in [1.165, 1.54) is 0 Å². The van der Waals surface area contributed by atoms with Crippen LogP contribution in [0, 0.1) is 0 Å². The number of piperidine rings is 1. The highest BCUT2D eigenvalue weighted by Gasteiger charge is 2.21. The van der Waals surface area contributed by atoms with Crippen LogP contribution in [0.3, 0.4) is 0 Å². The molecule has 0 unspecified atom stereocenters. The Balaban J connectivity index is 1.79. The number of hydrogen-bond donors (Lipinski definition) is 1. The van der Waals surface area contributed by atoms with Gasteiger partial charge < -0.3 is 14.6 Å². The summed E-state index contributed by atoms with van der Waals surface area (Å²) in [7, 11) is 1.59. The van der Waals surface area contributed by atoms with Crippen molar-refractivity contribution < 1.29 is 9.26 Å². The Morgan fingerprint density at radius 1 is 1.32 bits per heavy atom. The van der Waals surface area contributed by atoms with Gasteiger partial charge in [-0.3, -0.25) is 0 Å². The summed E-state index contributed by atoms with van der Waals surface area (Å²) in [6.07, 6.45) is 3.78. The van der Waals surface area contributed by atoms with Gasteiger partial charge in [-0.2, -0.15) is 4.98 Å². The van der Waals surface area contributed by atoms with E-state index in [1.54, 1.807) is 19.4 Å². The van der Waals surface area contributed by atoms with Crippen LogP contribution in [0.5, 0.6) is 5.88 Å². The molecule has 1 N–H and O–H groups in total. The first-order valence-corrected chi connectivity index (χ1v) is 6.41. The highest BCUT2D eigenvalue weighted by Crippen LogP contribution is 2.26. The van der Waals surface area contributed by atoms with Crippen molar-refractivity contribution in [3.63, 3.8) is 0 Å². The fourth-order valence-electron chi connectivity index (χ4n) is 2.22. The number of rotatable bonds is 3. The Morgan fingerprint density at radius 2 is 2.16 bits per heavy atom. The van der Waals surface area contributed by atoms with Gasteiger partial charge in [-0.1, -0.05) is 5.16 Å². The summed E-state index contributed by atoms with van der Waals surface area (Å²) in [6.45, 7) is 2.01. The van der Waals surface area contributed by atoms with Crippen LogP contribution >= 0.6 is 0 Å². The van der Waals surface area contributed by atoms with Gasteiger partial charge in [0.2, 0.25) is 17.6 Å². The van der Waals surface area contributed by atoms with E-state index >= 15 is 0 Å². The zero-order valence-electron chi connectivity index (χ0n) is 10.8. The van der Waals surface area contributed by atoms with Crippen LogP contribution < -0.4 is 10.1 Å². The molecule has 0 radical (unpaired) electrons. The molecule has 2 aromatic heterocycles. The molecule has 19 heavy (non-hydrogen) atoms. The lowest BCUT2D eigenvalue weighted by molar-refractivity contribution is 0.320. The second kappa shape index (κ2) is 5.36. The third kappa shape index (κ3) is 2.58. The number of nitrogens with one attached hydrogen (secondary N) is 1. The summed E-state index contributed by atoms with van der Waals surface area (Å²) in [5, 5.41) is 7.35. The lowest BCUT2D eigenvalue weighted by Crippen LogP contribution is -2.26. The van der Waals surface area contributed by atoms with Crippen molar-refractivity contribution in [2.45, 2.75) is 18.8 Å². The predicted molar refractivity (Wildman–Crippen MR) is 68.9 cm³/mol. The maximum absolute atomic E-state index is 5.37. The van der Waals surface area contributed by atoms with Crippen LogP contribution in [0.1, 0.15) is 24.7 Å². The Labute approximate surface area is 111 Å². The number of methoxy groups -OCH3 is 1. The fourth-order valence-corrected chi connectivity index (χ4v) is 2.22. The maximum Gasteiger partial charge on any atom is 0.230 e. The molecule has 3 heterocycles. The van der Waals surface area contributed by atoms with Crippen LogP contribution in [0.4, 0.5) is 0 Å². The highest BCUT2D eigenvalue weighted by atomic mass is 16.5. The van der Waals surface area contributed by atoms with Gasteiger partial charge in [-0.15, -0.1) is 0 Å². The molecule has 0 spiro atoms. The molecule has 0 aromatic carbocycles. The van der Waals surface area contributed by atoms with Crippen LogP contribution in [-0.2, 0) is 0 Å². The summed E-state index contributed by atoms with van der Waals surface area (Å²) in [5.41, 5.74) is 0.838. The molecular weight excluding hydrogens is 244 g/mol. The molecule has 0 amide bonds. The van der Waals surface area contributed by atoms with Crippen LogP contribution in [-0.4, -0.2) is 35.3 Å². The smallest absolute Gasteiger partial charge is 0.230 e. The summed E-state index contributed by atoms with van der Waals surface area (Å²) >= 11 is 0. The second-order valence-corrected chi connectivity index (χ2v) is 4.57. The molecule has 0 bridgehead atoms. The van der Waals surface area contributed by atoms with E-state index < -0.39 is 0 Å². The van der Waals surface area contributed by atoms with Crippen molar-refractivity contribution >= 4 is 0 Å². The summed E-state index contributed by atoms with van der Waals surface area (Å²) in [4.78, 5) is 8.61. The molecule has 0 atom stereocenters. The second-order valence-electron chi connectivity index (χ2n) is 4.57. The Hall–Kier alpha value is -1.95. The van der Waals surface area contributed by atoms with Gasteiger partial charge in [-0.25, -0.2) is 4.98 Å². The third-order valence-electron chi connectivity index (χ3n) is 3.33. The van der Waals surface area contributed by atoms with Crippen molar-refractivity contribution in [3.05, 3.63) is 24.2 Å². The molecule has 1 aliphatic heterocycles. The zero-order valence-corrected chi connectivity index (χ0v) is 10.8. The lowest BCUT2D eigenvalue weighted by Gasteiger charge is -2.18. The van der Waals surface area contributed by atoms with E-state index in [-0.39, 0.29) is 0 Å². The van der Waals surface area contributed by atoms with E-state index in [0.29, 0.717) is 17.6 Å². The van der Waals surface area contributed by atoms with E-state index in [9.17, 15) is 0 Å². The molecule has 0 saturated carbocycles. The van der Waals surface area contributed by atoms with Crippen LogP contribution in [0.2, 0.25) is 0 Å². The van der Waals surface area contributed by atoms with Gasteiger partial charge in [-0.05, 0) is 32.0 Å². The average molecular weight is 260 g/mol. The molecular formula is C13H16N4O2. The SMILES string of the molecule is COc1ccc(-c2noc(C3CCNCC3)n2)cn1. The standard InChI is InChI=1S/C13H16N4O2/c1-18-11-3-2-10(8-15-11)12-16-13(19-17-12)9-4-6-14-7-5-9/h2-3,8-9,14H,4-7H2,1H3. The Kier molecular flexibility index (Phi) is 3.41. The first kappa shape index (κ1) is 12.1. The maximum atomic E-state index is 5.37. The Bertz CT molecular complexity index is 532. The molecule has 100 valence electrons. The summed E-state index contributed by atoms with van der Waals surface area (Å²) in [5.74, 6) is 2.26. The molecule has 6 nitrogen and oxygen atoms in total. The summed E-state index contributed by atoms with van der Waals surface area (Å²) < 4.78 is 10.4. The molecule has 0 aliphatic carbocycles. The molecule has 1 aliphatic rings. The molecule has 6 heteroatoms. The number of hydrogen-bond acceptors (Lipinski definition) is 6. The quantitative estimate of drug-likeness (QED) is 0.903. The van der Waals surface area contributed by atoms with Gasteiger partial charge in [0.05, 0.1) is 7.11 Å². The summed E-state index contributed by atoms with van der Waals surface area (Å²) in [6, 6.07) is 3.67. The molecule has 3 rings (SSSR count). The minimum atomic E-state index is 0.369. The van der Waals surface area contributed by atoms with E-state index in [2.05, 4.69) is 20.4 Å². The number of pyridine rings is 1. The third-order valence-corrected chi connectivity index (χ3v) is 3.33. The van der Waals surface area contributed by atoms with Gasteiger partial charge in [0, 0.05) is 23.7 Å². The van der Waals surface area contributed by atoms with E-state index in [1.807, 2.05) is 6.07 Å². The van der Waals surface area contributed by atoms with Crippen molar-refractivity contribution in [2.75, 3.05) is 20.2 Å². The highest BCUT2D eigenvalue weighted by molar-refractivity contribution is 5.53. The van der Waals surface area contributed by atoms with Crippen LogP contribution in [0.25, 0.3) is 11.4 Å². The van der Waals surface area contributed by atoms with E-state index in [4.69, 9.17) is 9.26 Å². The predicted octanol–water partition coefficient (Wildman–Crippen LogP) is 1.61. The first-order chi connectivity index (χ1) is 9.36. The lowest BCUT2D eigenvalue weighted by atomic mass is 9.98. The number of aromatic nitrogens is 3.